The molecule has 3 N–H and O–H groups in total. The lowest BCUT2D eigenvalue weighted by Gasteiger charge is -2.11. The van der Waals surface area contributed by atoms with Crippen molar-refractivity contribution in [3.8, 4) is 17.0 Å². The number of rotatable bonds is 4. The summed E-state index contributed by atoms with van der Waals surface area (Å²) in [6, 6.07) is 17.6. The molecule has 0 saturated carbocycles. The Morgan fingerprint density at radius 2 is 1.85 bits per heavy atom. The van der Waals surface area contributed by atoms with Gasteiger partial charge in [0.2, 0.25) is 11.8 Å². The number of nitrogen functional groups attached to an aromatic ring is 1. The van der Waals surface area contributed by atoms with Crippen molar-refractivity contribution in [2.45, 2.75) is 0 Å². The normalized spacial score (nSPS) is 10.7. The Labute approximate surface area is 164 Å². The van der Waals surface area contributed by atoms with E-state index in [2.05, 4.69) is 36.2 Å². The van der Waals surface area contributed by atoms with Crippen LogP contribution in [0, 0.1) is 0 Å². The monoisotopic (exact) mass is 421 g/mol. The molecule has 6 nitrogen and oxygen atoms in total. The molecule has 0 aliphatic carbocycles. The minimum absolute atomic E-state index is 0.221. The second-order valence-corrected chi connectivity index (χ2v) is 6.80. The number of halogens is 1. The third-order valence-electron chi connectivity index (χ3n) is 4.08. The summed E-state index contributed by atoms with van der Waals surface area (Å²) in [5.41, 5.74) is 9.54. The lowest BCUT2D eigenvalue weighted by atomic mass is 10.1. The fourth-order valence-electron chi connectivity index (χ4n) is 2.80. The number of hydrogen-bond acceptors (Lipinski definition) is 6. The summed E-state index contributed by atoms with van der Waals surface area (Å²) in [5, 5.41) is 4.20. The summed E-state index contributed by atoms with van der Waals surface area (Å²) < 4.78 is 6.10. The molecule has 0 spiro atoms. The molecular formula is C20H16BrN5O. The van der Waals surface area contributed by atoms with E-state index in [1.165, 1.54) is 0 Å². The van der Waals surface area contributed by atoms with E-state index in [9.17, 15) is 0 Å². The summed E-state index contributed by atoms with van der Waals surface area (Å²) in [6.07, 6.45) is 1.78. The highest BCUT2D eigenvalue weighted by Crippen LogP contribution is 2.30. The highest BCUT2D eigenvalue weighted by Gasteiger charge is 2.09. The zero-order valence-electron chi connectivity index (χ0n) is 14.5. The van der Waals surface area contributed by atoms with Gasteiger partial charge in [-0.3, -0.25) is 0 Å². The van der Waals surface area contributed by atoms with Gasteiger partial charge in [-0.15, -0.1) is 0 Å². The third kappa shape index (κ3) is 3.68. The largest absolute Gasteiger partial charge is 0.481 e. The van der Waals surface area contributed by atoms with Crippen LogP contribution < -0.4 is 15.8 Å². The summed E-state index contributed by atoms with van der Waals surface area (Å²) in [5.74, 6) is 1.45. The minimum Gasteiger partial charge on any atom is -0.481 e. The van der Waals surface area contributed by atoms with Gasteiger partial charge in [0.25, 0.3) is 0 Å². The van der Waals surface area contributed by atoms with Gasteiger partial charge in [-0.25, -0.2) is 9.97 Å². The number of nitrogens with zero attached hydrogens (tertiary/aromatic N) is 3. The average molecular weight is 422 g/mol. The molecule has 0 radical (unpaired) electrons. The number of pyridine rings is 1. The Bertz CT molecular complexity index is 1120. The summed E-state index contributed by atoms with van der Waals surface area (Å²) >= 11 is 3.48. The number of nitrogens with two attached hydrogens (primary N) is 1. The van der Waals surface area contributed by atoms with E-state index < -0.39 is 0 Å². The summed E-state index contributed by atoms with van der Waals surface area (Å²) in [4.78, 5) is 13.0. The lowest BCUT2D eigenvalue weighted by Crippen LogP contribution is -2.01. The van der Waals surface area contributed by atoms with Crippen molar-refractivity contribution in [3.05, 3.63) is 65.3 Å². The SMILES string of the molecule is COc1ccc(-c2ccc3nc(N)nc(Nc4cccc(Br)c4)c3c2)cn1. The number of nitrogens with one attached hydrogen (secondary N) is 1. The lowest BCUT2D eigenvalue weighted by molar-refractivity contribution is 0.398. The van der Waals surface area contributed by atoms with E-state index in [-0.39, 0.29) is 5.95 Å². The van der Waals surface area contributed by atoms with E-state index in [0.29, 0.717) is 11.7 Å². The molecule has 0 atom stereocenters. The Morgan fingerprint density at radius 1 is 1.00 bits per heavy atom. The topological polar surface area (TPSA) is 86.0 Å². The van der Waals surface area contributed by atoms with Gasteiger partial charge in [0.05, 0.1) is 12.6 Å². The Morgan fingerprint density at radius 3 is 2.59 bits per heavy atom. The van der Waals surface area contributed by atoms with Gasteiger partial charge < -0.3 is 15.8 Å². The highest BCUT2D eigenvalue weighted by molar-refractivity contribution is 9.10. The Kier molecular flexibility index (Phi) is 4.60. The number of methoxy groups -OCH3 is 1. The van der Waals surface area contributed by atoms with Crippen molar-refractivity contribution >= 4 is 44.3 Å². The van der Waals surface area contributed by atoms with Crippen LogP contribution in [0.1, 0.15) is 0 Å². The van der Waals surface area contributed by atoms with Crippen LogP contribution in [-0.2, 0) is 0 Å². The van der Waals surface area contributed by atoms with Crippen LogP contribution in [0.5, 0.6) is 5.88 Å². The molecule has 0 aliphatic heterocycles. The first-order valence-corrected chi connectivity index (χ1v) is 9.02. The molecule has 4 rings (SSSR count). The maximum absolute atomic E-state index is 5.89. The van der Waals surface area contributed by atoms with E-state index >= 15 is 0 Å². The molecule has 0 unspecified atom stereocenters. The number of ether oxygens (including phenoxy) is 1. The molecular weight excluding hydrogens is 406 g/mol. The molecule has 0 saturated heterocycles. The molecule has 134 valence electrons. The maximum Gasteiger partial charge on any atom is 0.222 e. The zero-order chi connectivity index (χ0) is 18.8. The van der Waals surface area contributed by atoms with Crippen molar-refractivity contribution in [2.24, 2.45) is 0 Å². The standard InChI is InChI=1S/C20H16BrN5O/c1-27-18-8-6-13(11-23-18)12-5-7-17-16(9-12)19(26-20(22)25-17)24-15-4-2-3-14(21)10-15/h2-11H,1H3,(H3,22,24,25,26). The van der Waals surface area contributed by atoms with Crippen LogP contribution in [0.25, 0.3) is 22.0 Å². The molecule has 0 amide bonds. The molecule has 7 heteroatoms. The first-order chi connectivity index (χ1) is 13.1. The maximum atomic E-state index is 5.89. The molecule has 0 aliphatic rings. The number of benzene rings is 2. The molecule has 2 heterocycles. The minimum atomic E-state index is 0.221. The van der Waals surface area contributed by atoms with Gasteiger partial charge in [-0.2, -0.15) is 4.98 Å². The Hall–Kier alpha value is -3.19. The highest BCUT2D eigenvalue weighted by atomic mass is 79.9. The van der Waals surface area contributed by atoms with E-state index in [1.54, 1.807) is 13.3 Å². The zero-order valence-corrected chi connectivity index (χ0v) is 16.1. The van der Waals surface area contributed by atoms with Crippen molar-refractivity contribution in [2.75, 3.05) is 18.2 Å². The van der Waals surface area contributed by atoms with Crippen molar-refractivity contribution in [1.29, 1.82) is 0 Å². The summed E-state index contributed by atoms with van der Waals surface area (Å²) in [7, 11) is 1.60. The molecule has 2 aromatic carbocycles. The fraction of sp³-hybridized carbons (Fsp3) is 0.0500. The molecule has 27 heavy (non-hydrogen) atoms. The van der Waals surface area contributed by atoms with Crippen LogP contribution in [0.15, 0.2) is 65.3 Å². The second-order valence-electron chi connectivity index (χ2n) is 5.89. The third-order valence-corrected chi connectivity index (χ3v) is 4.57. The van der Waals surface area contributed by atoms with Gasteiger partial charge >= 0.3 is 0 Å². The fourth-order valence-corrected chi connectivity index (χ4v) is 3.20. The molecule has 2 aromatic heterocycles. The molecule has 0 fully saturated rings. The van der Waals surface area contributed by atoms with E-state index in [1.807, 2.05) is 54.6 Å². The van der Waals surface area contributed by atoms with Crippen LogP contribution in [-0.4, -0.2) is 22.1 Å². The van der Waals surface area contributed by atoms with Gasteiger partial charge in [0.1, 0.15) is 5.82 Å². The van der Waals surface area contributed by atoms with Crippen LogP contribution >= 0.6 is 15.9 Å². The predicted octanol–water partition coefficient (Wildman–Crippen LogP) is 4.79. The van der Waals surface area contributed by atoms with Gasteiger partial charge in [-0.05, 0) is 42.0 Å². The van der Waals surface area contributed by atoms with Gasteiger partial charge in [0, 0.05) is 33.4 Å². The van der Waals surface area contributed by atoms with Gasteiger partial charge in [-0.1, -0.05) is 28.1 Å². The average Bonchev–Trinajstić information content (AvgIpc) is 2.68. The quantitative estimate of drug-likeness (QED) is 0.492. The Balaban J connectivity index is 1.80. The van der Waals surface area contributed by atoms with Crippen LogP contribution in [0.2, 0.25) is 0 Å². The van der Waals surface area contributed by atoms with E-state index in [0.717, 1.165) is 32.2 Å². The predicted molar refractivity (Wildman–Crippen MR) is 111 cm³/mol. The summed E-state index contributed by atoms with van der Waals surface area (Å²) in [6.45, 7) is 0. The van der Waals surface area contributed by atoms with Crippen LogP contribution in [0.3, 0.4) is 0 Å². The second kappa shape index (κ2) is 7.20. The number of aromatic nitrogens is 3. The van der Waals surface area contributed by atoms with Crippen molar-refractivity contribution in [1.82, 2.24) is 15.0 Å². The smallest absolute Gasteiger partial charge is 0.222 e. The number of anilines is 3. The van der Waals surface area contributed by atoms with Crippen molar-refractivity contribution < 1.29 is 4.74 Å². The molecule has 0 bridgehead atoms. The van der Waals surface area contributed by atoms with Gasteiger partial charge in [0.15, 0.2) is 0 Å². The first kappa shape index (κ1) is 17.2. The van der Waals surface area contributed by atoms with Crippen LogP contribution in [0.4, 0.5) is 17.5 Å². The number of fused-ring (bicyclic) bond motifs is 1. The number of hydrogen-bond donors (Lipinski definition) is 2. The van der Waals surface area contributed by atoms with Crippen molar-refractivity contribution in [3.63, 3.8) is 0 Å². The van der Waals surface area contributed by atoms with E-state index in [4.69, 9.17) is 10.5 Å². The molecule has 4 aromatic rings. The first-order valence-electron chi connectivity index (χ1n) is 8.23.